The second-order valence-corrected chi connectivity index (χ2v) is 8.15. The van der Waals surface area contributed by atoms with Gasteiger partial charge >= 0.3 is 0 Å². The molecule has 1 aliphatic rings. The molecular weight excluding hydrogens is 409 g/mol. The number of benzene rings is 1. The number of carbonyl (C=O) groups is 1. The number of hydrogen-bond acceptors (Lipinski definition) is 5. The van der Waals surface area contributed by atoms with Crippen LogP contribution in [0.4, 0.5) is 0 Å². The lowest BCUT2D eigenvalue weighted by molar-refractivity contribution is 0.0940. The average Bonchev–Trinajstić information content (AvgIpc) is 2.77. The average molecular weight is 425 g/mol. The van der Waals surface area contributed by atoms with Gasteiger partial charge < -0.3 is 14.8 Å². The standard InChI is InChI=1S/C13H16INO5S/c1-19-11-5-9(10(14)6-12(11)20-2)13(16)15-8-3-4-21(17,18)7-8/h5-6,8H,3-4,7H2,1-2H3,(H,15,16). The Morgan fingerprint density at radius 1 is 1.29 bits per heavy atom. The number of halogens is 1. The van der Waals surface area contributed by atoms with Crippen LogP contribution in [-0.2, 0) is 9.84 Å². The summed E-state index contributed by atoms with van der Waals surface area (Å²) >= 11 is 2.04. The number of amides is 1. The summed E-state index contributed by atoms with van der Waals surface area (Å²) in [7, 11) is 0.00266. The van der Waals surface area contributed by atoms with E-state index in [4.69, 9.17) is 9.47 Å². The van der Waals surface area contributed by atoms with Gasteiger partial charge in [0, 0.05) is 9.61 Å². The van der Waals surface area contributed by atoms with Gasteiger partial charge in [0.15, 0.2) is 21.3 Å². The molecule has 1 aliphatic heterocycles. The molecule has 1 aromatic carbocycles. The van der Waals surface area contributed by atoms with Crippen LogP contribution < -0.4 is 14.8 Å². The lowest BCUT2D eigenvalue weighted by atomic mass is 10.1. The van der Waals surface area contributed by atoms with E-state index in [-0.39, 0.29) is 23.5 Å². The fourth-order valence-electron chi connectivity index (χ4n) is 2.20. The van der Waals surface area contributed by atoms with Gasteiger partial charge in [-0.1, -0.05) is 0 Å². The molecule has 21 heavy (non-hydrogen) atoms. The van der Waals surface area contributed by atoms with E-state index in [0.29, 0.717) is 27.1 Å². The molecule has 0 aliphatic carbocycles. The van der Waals surface area contributed by atoms with E-state index >= 15 is 0 Å². The van der Waals surface area contributed by atoms with Crippen LogP contribution >= 0.6 is 22.6 Å². The third kappa shape index (κ3) is 3.79. The van der Waals surface area contributed by atoms with Crippen molar-refractivity contribution >= 4 is 38.3 Å². The maximum absolute atomic E-state index is 12.3. The SMILES string of the molecule is COc1cc(I)c(C(=O)NC2CCS(=O)(=O)C2)cc1OC. The number of methoxy groups -OCH3 is 2. The summed E-state index contributed by atoms with van der Waals surface area (Å²) in [6.07, 6.45) is 0.456. The van der Waals surface area contributed by atoms with Crippen LogP contribution in [0.1, 0.15) is 16.8 Å². The van der Waals surface area contributed by atoms with Gasteiger partial charge in [0.1, 0.15) is 0 Å². The van der Waals surface area contributed by atoms with Gasteiger partial charge in [-0.25, -0.2) is 8.42 Å². The van der Waals surface area contributed by atoms with Crippen LogP contribution in [0.25, 0.3) is 0 Å². The molecule has 116 valence electrons. The largest absolute Gasteiger partial charge is 0.493 e. The summed E-state index contributed by atoms with van der Waals surface area (Å²) in [4.78, 5) is 12.3. The third-order valence-electron chi connectivity index (χ3n) is 3.29. The Kier molecular flexibility index (Phi) is 4.97. The second kappa shape index (κ2) is 6.39. The molecular formula is C13H16INO5S. The Balaban J connectivity index is 2.19. The van der Waals surface area contributed by atoms with Gasteiger partial charge in [0.05, 0.1) is 31.3 Å². The normalized spacial score (nSPS) is 20.0. The summed E-state index contributed by atoms with van der Waals surface area (Å²) in [6.45, 7) is 0. The molecule has 1 fully saturated rings. The van der Waals surface area contributed by atoms with Crippen LogP contribution in [0.2, 0.25) is 0 Å². The predicted molar refractivity (Wildman–Crippen MR) is 86.8 cm³/mol. The van der Waals surface area contributed by atoms with Crippen molar-refractivity contribution in [1.82, 2.24) is 5.32 Å². The number of ether oxygens (including phenoxy) is 2. The highest BCUT2D eigenvalue weighted by atomic mass is 127. The molecule has 1 amide bonds. The van der Waals surface area contributed by atoms with Crippen molar-refractivity contribution in [3.05, 3.63) is 21.3 Å². The summed E-state index contributed by atoms with van der Waals surface area (Å²) in [5, 5.41) is 2.76. The summed E-state index contributed by atoms with van der Waals surface area (Å²) in [5.41, 5.74) is 0.442. The minimum atomic E-state index is -3.02. The maximum Gasteiger partial charge on any atom is 0.252 e. The van der Waals surface area contributed by atoms with Crippen molar-refractivity contribution in [3.63, 3.8) is 0 Å². The molecule has 6 nitrogen and oxygen atoms in total. The molecule has 0 aromatic heterocycles. The van der Waals surface area contributed by atoms with Crippen molar-refractivity contribution in [2.75, 3.05) is 25.7 Å². The first kappa shape index (κ1) is 16.3. The van der Waals surface area contributed by atoms with Gasteiger partial charge in [-0.15, -0.1) is 0 Å². The molecule has 1 saturated heterocycles. The molecule has 8 heteroatoms. The molecule has 1 aromatic rings. The first-order chi connectivity index (χ1) is 9.86. The number of carbonyl (C=O) groups excluding carboxylic acids is 1. The summed E-state index contributed by atoms with van der Waals surface area (Å²) in [5.74, 6) is 0.829. The highest BCUT2D eigenvalue weighted by Crippen LogP contribution is 2.31. The highest BCUT2D eigenvalue weighted by molar-refractivity contribution is 14.1. The number of rotatable bonds is 4. The summed E-state index contributed by atoms with van der Waals surface area (Å²) < 4.78 is 33.9. The smallest absolute Gasteiger partial charge is 0.252 e. The maximum atomic E-state index is 12.3. The molecule has 0 spiro atoms. The van der Waals surface area contributed by atoms with Crippen molar-refractivity contribution in [3.8, 4) is 11.5 Å². The van der Waals surface area contributed by atoms with Crippen LogP contribution in [0.5, 0.6) is 11.5 Å². The molecule has 0 bridgehead atoms. The monoisotopic (exact) mass is 425 g/mol. The number of nitrogens with one attached hydrogen (secondary N) is 1. The Morgan fingerprint density at radius 3 is 2.43 bits per heavy atom. The fraction of sp³-hybridized carbons (Fsp3) is 0.462. The molecule has 1 heterocycles. The van der Waals surface area contributed by atoms with Crippen LogP contribution in [-0.4, -0.2) is 46.1 Å². The zero-order valence-electron chi connectivity index (χ0n) is 11.7. The van der Waals surface area contributed by atoms with E-state index in [1.54, 1.807) is 12.1 Å². The van der Waals surface area contributed by atoms with Crippen LogP contribution in [0.15, 0.2) is 12.1 Å². The van der Waals surface area contributed by atoms with Crippen LogP contribution in [0.3, 0.4) is 0 Å². The van der Waals surface area contributed by atoms with Gasteiger partial charge in [-0.2, -0.15) is 0 Å². The van der Waals surface area contributed by atoms with E-state index < -0.39 is 9.84 Å². The van der Waals surface area contributed by atoms with E-state index in [0.717, 1.165) is 0 Å². The third-order valence-corrected chi connectivity index (χ3v) is 5.95. The lowest BCUT2D eigenvalue weighted by Gasteiger charge is -2.14. The minimum Gasteiger partial charge on any atom is -0.493 e. The zero-order valence-corrected chi connectivity index (χ0v) is 14.7. The van der Waals surface area contributed by atoms with Crippen LogP contribution in [0, 0.1) is 3.57 Å². The summed E-state index contributed by atoms with van der Waals surface area (Å²) in [6, 6.07) is 2.98. The predicted octanol–water partition coefficient (Wildman–Crippen LogP) is 1.23. The Bertz CT molecular complexity index is 659. The minimum absolute atomic E-state index is 0.00259. The second-order valence-electron chi connectivity index (χ2n) is 4.76. The lowest BCUT2D eigenvalue weighted by Crippen LogP contribution is -2.36. The first-order valence-electron chi connectivity index (χ1n) is 6.29. The molecule has 0 radical (unpaired) electrons. The Morgan fingerprint density at radius 2 is 1.90 bits per heavy atom. The van der Waals surface area contributed by atoms with Crippen molar-refractivity contribution in [2.24, 2.45) is 0 Å². The fourth-order valence-corrected chi connectivity index (χ4v) is 4.56. The van der Waals surface area contributed by atoms with Crippen molar-refractivity contribution in [1.29, 1.82) is 0 Å². The van der Waals surface area contributed by atoms with E-state index in [1.807, 2.05) is 22.6 Å². The first-order valence-corrected chi connectivity index (χ1v) is 9.19. The van der Waals surface area contributed by atoms with Crippen molar-refractivity contribution < 1.29 is 22.7 Å². The van der Waals surface area contributed by atoms with E-state index in [2.05, 4.69) is 5.32 Å². The number of sulfone groups is 1. The quantitative estimate of drug-likeness (QED) is 0.734. The molecule has 1 unspecified atom stereocenters. The molecule has 2 rings (SSSR count). The van der Waals surface area contributed by atoms with E-state index in [1.165, 1.54) is 14.2 Å². The van der Waals surface area contributed by atoms with Gasteiger partial charge in [-0.3, -0.25) is 4.79 Å². The zero-order chi connectivity index (χ0) is 15.6. The molecule has 1 atom stereocenters. The van der Waals surface area contributed by atoms with E-state index in [9.17, 15) is 13.2 Å². The Hall–Kier alpha value is -1.03. The van der Waals surface area contributed by atoms with Gasteiger partial charge in [0.25, 0.3) is 5.91 Å². The molecule has 1 N–H and O–H groups in total. The van der Waals surface area contributed by atoms with Crippen molar-refractivity contribution in [2.45, 2.75) is 12.5 Å². The topological polar surface area (TPSA) is 81.7 Å². The van der Waals surface area contributed by atoms with Gasteiger partial charge in [-0.05, 0) is 41.1 Å². The highest BCUT2D eigenvalue weighted by Gasteiger charge is 2.29. The number of hydrogen-bond donors (Lipinski definition) is 1. The molecule has 0 saturated carbocycles. The Labute approximate surface area is 137 Å². The van der Waals surface area contributed by atoms with Gasteiger partial charge in [0.2, 0.25) is 0 Å².